The number of guanidine groups is 1. The summed E-state index contributed by atoms with van der Waals surface area (Å²) in [5.74, 6) is 2.98. The Balaban J connectivity index is 0.00000169. The Bertz CT molecular complexity index is 541. The van der Waals surface area contributed by atoms with Gasteiger partial charge in [-0.1, -0.05) is 11.6 Å². The van der Waals surface area contributed by atoms with Gasteiger partial charge in [0.2, 0.25) is 0 Å². The summed E-state index contributed by atoms with van der Waals surface area (Å²) in [5.41, 5.74) is 0.909. The van der Waals surface area contributed by atoms with Crippen molar-refractivity contribution in [3.8, 4) is 0 Å². The van der Waals surface area contributed by atoms with E-state index in [0.717, 1.165) is 42.6 Å². The van der Waals surface area contributed by atoms with Crippen molar-refractivity contribution in [2.45, 2.75) is 38.3 Å². The van der Waals surface area contributed by atoms with E-state index in [1.165, 1.54) is 38.8 Å². The molecule has 3 aliphatic rings. The Morgan fingerprint density at radius 2 is 2.12 bits per heavy atom. The molecule has 2 bridgehead atoms. The lowest BCUT2D eigenvalue weighted by molar-refractivity contribution is 0.0958. The average molecular weight is 445 g/mol. The number of aromatic nitrogens is 1. The molecule has 134 valence electrons. The summed E-state index contributed by atoms with van der Waals surface area (Å²) >= 11 is 0. The molecule has 7 heteroatoms. The van der Waals surface area contributed by atoms with Crippen LogP contribution >= 0.6 is 24.0 Å². The van der Waals surface area contributed by atoms with Crippen molar-refractivity contribution in [3.63, 3.8) is 0 Å². The number of nitrogens with one attached hydrogen (secondary N) is 1. The molecule has 1 aromatic rings. The summed E-state index contributed by atoms with van der Waals surface area (Å²) in [4.78, 5) is 9.53. The summed E-state index contributed by atoms with van der Waals surface area (Å²) in [6, 6.07) is 2.74. The minimum absolute atomic E-state index is 0. The van der Waals surface area contributed by atoms with Crippen LogP contribution in [0.15, 0.2) is 21.8 Å². The first-order valence-electron chi connectivity index (χ1n) is 8.92. The van der Waals surface area contributed by atoms with Gasteiger partial charge in [0, 0.05) is 45.3 Å². The van der Waals surface area contributed by atoms with Gasteiger partial charge in [-0.3, -0.25) is 9.89 Å². The summed E-state index contributed by atoms with van der Waals surface area (Å²) in [6.07, 6.45) is 7.50. The quantitative estimate of drug-likeness (QED) is 0.439. The smallest absolute Gasteiger partial charge is 0.194 e. The van der Waals surface area contributed by atoms with Gasteiger partial charge in [0.15, 0.2) is 5.96 Å². The monoisotopic (exact) mass is 445 g/mol. The zero-order valence-electron chi connectivity index (χ0n) is 14.4. The van der Waals surface area contributed by atoms with E-state index in [4.69, 9.17) is 4.52 Å². The molecular formula is C17H28IN5O. The molecule has 1 aliphatic heterocycles. The fourth-order valence-corrected chi connectivity index (χ4v) is 4.75. The van der Waals surface area contributed by atoms with Gasteiger partial charge < -0.3 is 14.7 Å². The number of hydrogen-bond acceptors (Lipinski definition) is 4. The van der Waals surface area contributed by atoms with E-state index in [1.807, 2.05) is 13.1 Å². The highest BCUT2D eigenvalue weighted by atomic mass is 127. The van der Waals surface area contributed by atoms with Crippen molar-refractivity contribution in [2.75, 3.05) is 33.2 Å². The molecule has 0 amide bonds. The van der Waals surface area contributed by atoms with Crippen molar-refractivity contribution in [3.05, 3.63) is 18.0 Å². The molecule has 1 aromatic heterocycles. The van der Waals surface area contributed by atoms with Crippen LogP contribution in [0.4, 0.5) is 0 Å². The molecule has 1 N–H and O–H groups in total. The number of piperazine rings is 1. The van der Waals surface area contributed by atoms with Gasteiger partial charge in [-0.2, -0.15) is 0 Å². The number of halogens is 1. The van der Waals surface area contributed by atoms with Crippen LogP contribution in [0.5, 0.6) is 0 Å². The first kappa shape index (κ1) is 18.0. The van der Waals surface area contributed by atoms with Crippen LogP contribution in [0, 0.1) is 11.8 Å². The fourth-order valence-electron chi connectivity index (χ4n) is 4.75. The Labute approximate surface area is 161 Å². The van der Waals surface area contributed by atoms with E-state index >= 15 is 0 Å². The van der Waals surface area contributed by atoms with Gasteiger partial charge >= 0.3 is 0 Å². The van der Waals surface area contributed by atoms with Crippen LogP contribution in [0.2, 0.25) is 0 Å². The third kappa shape index (κ3) is 3.71. The Morgan fingerprint density at radius 3 is 2.71 bits per heavy atom. The SMILES string of the molecule is CN=C(NCc1ccon1)N1CCN(C2CC3CCC2C3)CC1.I. The van der Waals surface area contributed by atoms with Crippen molar-refractivity contribution < 1.29 is 4.52 Å². The second-order valence-corrected chi connectivity index (χ2v) is 7.16. The molecule has 0 aromatic carbocycles. The lowest BCUT2D eigenvalue weighted by Gasteiger charge is -2.41. The molecule has 3 unspecified atom stereocenters. The molecule has 3 fully saturated rings. The van der Waals surface area contributed by atoms with Crippen molar-refractivity contribution in [2.24, 2.45) is 16.8 Å². The van der Waals surface area contributed by atoms with E-state index in [1.54, 1.807) is 6.26 Å². The highest BCUT2D eigenvalue weighted by Crippen LogP contribution is 2.46. The van der Waals surface area contributed by atoms with Crippen molar-refractivity contribution >= 4 is 29.9 Å². The van der Waals surface area contributed by atoms with Crippen LogP contribution in [0.3, 0.4) is 0 Å². The maximum absolute atomic E-state index is 4.87. The lowest BCUT2D eigenvalue weighted by atomic mass is 9.93. The van der Waals surface area contributed by atoms with E-state index in [9.17, 15) is 0 Å². The molecule has 0 radical (unpaired) electrons. The Hall–Kier alpha value is -0.830. The number of rotatable bonds is 3. The largest absolute Gasteiger partial charge is 0.364 e. The standard InChI is InChI=1S/C17H27N5O.HI/c1-18-17(19-12-15-4-9-23-20-15)22-7-5-21(6-8-22)16-11-13-2-3-14(16)10-13;/h4,9,13-14,16H,2-3,5-8,10-12H2,1H3,(H,18,19);1H. The van der Waals surface area contributed by atoms with Crippen LogP contribution in [0.1, 0.15) is 31.4 Å². The minimum atomic E-state index is 0. The third-order valence-corrected chi connectivity index (χ3v) is 5.91. The Morgan fingerprint density at radius 1 is 1.29 bits per heavy atom. The van der Waals surface area contributed by atoms with E-state index in [0.29, 0.717) is 6.54 Å². The van der Waals surface area contributed by atoms with Crippen molar-refractivity contribution in [1.82, 2.24) is 20.3 Å². The molecule has 2 saturated carbocycles. The van der Waals surface area contributed by atoms with Crippen LogP contribution in [-0.2, 0) is 6.54 Å². The van der Waals surface area contributed by atoms with Gasteiger partial charge in [-0.15, -0.1) is 24.0 Å². The van der Waals surface area contributed by atoms with Gasteiger partial charge in [0.05, 0.1) is 6.54 Å². The molecule has 2 heterocycles. The summed E-state index contributed by atoms with van der Waals surface area (Å²) in [6.45, 7) is 5.12. The first-order chi connectivity index (χ1) is 11.3. The molecule has 0 spiro atoms. The second-order valence-electron chi connectivity index (χ2n) is 7.16. The fraction of sp³-hybridized carbons (Fsp3) is 0.765. The molecule has 2 aliphatic carbocycles. The summed E-state index contributed by atoms with van der Waals surface area (Å²) in [7, 11) is 1.85. The number of aliphatic imine (C=N–C) groups is 1. The third-order valence-electron chi connectivity index (χ3n) is 5.91. The van der Waals surface area contributed by atoms with Crippen molar-refractivity contribution in [1.29, 1.82) is 0 Å². The maximum atomic E-state index is 4.87. The average Bonchev–Trinajstić information content (AvgIpc) is 3.34. The van der Waals surface area contributed by atoms with Gasteiger partial charge in [0.1, 0.15) is 12.0 Å². The highest BCUT2D eigenvalue weighted by molar-refractivity contribution is 14.0. The predicted molar refractivity (Wildman–Crippen MR) is 104 cm³/mol. The molecule has 24 heavy (non-hydrogen) atoms. The normalized spacial score (nSPS) is 30.5. The van der Waals surface area contributed by atoms with E-state index in [-0.39, 0.29) is 24.0 Å². The molecule has 3 atom stereocenters. The lowest BCUT2D eigenvalue weighted by Crippen LogP contribution is -2.55. The number of fused-ring (bicyclic) bond motifs is 2. The van der Waals surface area contributed by atoms with E-state index in [2.05, 4.69) is 25.3 Å². The zero-order valence-corrected chi connectivity index (χ0v) is 16.7. The topological polar surface area (TPSA) is 56.9 Å². The van der Waals surface area contributed by atoms with Crippen LogP contribution in [-0.4, -0.2) is 60.2 Å². The number of hydrogen-bond donors (Lipinski definition) is 1. The molecular weight excluding hydrogens is 417 g/mol. The highest BCUT2D eigenvalue weighted by Gasteiger charge is 2.42. The van der Waals surface area contributed by atoms with Gasteiger partial charge in [-0.25, -0.2) is 0 Å². The molecule has 1 saturated heterocycles. The zero-order chi connectivity index (χ0) is 15.6. The molecule has 6 nitrogen and oxygen atoms in total. The van der Waals surface area contributed by atoms with Crippen LogP contribution in [0.25, 0.3) is 0 Å². The van der Waals surface area contributed by atoms with E-state index < -0.39 is 0 Å². The molecule has 4 rings (SSSR count). The first-order valence-corrected chi connectivity index (χ1v) is 8.92. The number of nitrogens with zero attached hydrogens (tertiary/aromatic N) is 4. The second kappa shape index (κ2) is 8.03. The van der Waals surface area contributed by atoms with Gasteiger partial charge in [0.25, 0.3) is 0 Å². The summed E-state index contributed by atoms with van der Waals surface area (Å²) < 4.78 is 4.87. The predicted octanol–water partition coefficient (Wildman–Crippen LogP) is 2.17. The Kier molecular flexibility index (Phi) is 6.02. The summed E-state index contributed by atoms with van der Waals surface area (Å²) in [5, 5.41) is 7.32. The minimum Gasteiger partial charge on any atom is -0.364 e. The van der Waals surface area contributed by atoms with Crippen LogP contribution < -0.4 is 5.32 Å². The van der Waals surface area contributed by atoms with Gasteiger partial charge in [-0.05, 0) is 31.1 Å². The maximum Gasteiger partial charge on any atom is 0.194 e.